The van der Waals surface area contributed by atoms with Crippen LogP contribution in [0.4, 0.5) is 8.78 Å². The van der Waals surface area contributed by atoms with E-state index in [2.05, 4.69) is 39.1 Å². The van der Waals surface area contributed by atoms with Crippen molar-refractivity contribution in [1.82, 2.24) is 25.5 Å². The van der Waals surface area contributed by atoms with Crippen LogP contribution in [0.2, 0.25) is 0 Å². The molecule has 2 heterocycles. The van der Waals surface area contributed by atoms with Gasteiger partial charge in [0.1, 0.15) is 11.7 Å². The molecule has 9 nitrogen and oxygen atoms in total. The van der Waals surface area contributed by atoms with E-state index in [1.807, 2.05) is 27.1 Å². The Morgan fingerprint density at radius 3 is 2.67 bits per heavy atom. The fourth-order valence-corrected chi connectivity index (χ4v) is 5.07. The Morgan fingerprint density at radius 1 is 1.31 bits per heavy atom. The molecule has 2 aliphatic rings. The number of amides is 1. The summed E-state index contributed by atoms with van der Waals surface area (Å²) in [5.74, 6) is -0.113. The van der Waals surface area contributed by atoms with Crippen molar-refractivity contribution in [2.75, 3.05) is 33.7 Å². The Bertz CT molecular complexity index is 1600. The largest absolute Gasteiger partial charge is 0.388 e. The maximum Gasteiger partial charge on any atom is 0.271 e. The zero-order valence-corrected chi connectivity index (χ0v) is 26.5. The molecule has 0 radical (unpaired) electrons. The average Bonchev–Trinajstić information content (AvgIpc) is 3.32. The molecule has 45 heavy (non-hydrogen) atoms. The van der Waals surface area contributed by atoms with Crippen LogP contribution in [0, 0.1) is 12.3 Å². The maximum atomic E-state index is 13.9. The third-order valence-corrected chi connectivity index (χ3v) is 7.29. The smallest absolute Gasteiger partial charge is 0.271 e. The van der Waals surface area contributed by atoms with Crippen molar-refractivity contribution < 1.29 is 13.6 Å². The minimum atomic E-state index is -3.14. The minimum absolute atomic E-state index is 0.00999. The van der Waals surface area contributed by atoms with E-state index in [1.165, 1.54) is 12.2 Å². The molecule has 2 aromatic rings. The summed E-state index contributed by atoms with van der Waals surface area (Å²) in [7, 11) is 3.75. The first kappa shape index (κ1) is 35.0. The first-order chi connectivity index (χ1) is 21.5. The summed E-state index contributed by atoms with van der Waals surface area (Å²) in [4.78, 5) is 22.9. The molecule has 240 valence electrons. The molecule has 11 heteroatoms. The second-order valence-electron chi connectivity index (χ2n) is 10.8. The number of nitrogens with one attached hydrogen (secondary N) is 3. The standard InChI is InChI=1S/C32H37F2N7O.C2H7N/c1-5-9-22(32(4,33)34)16-20(6-2)19-38-31(42)21-10-13-28-26(17-21)40-30-24-18-23(37-15-8-14-35)11-12-25(24)39-29(36)27(7-3)41(28)30;1-3-2/h1,6,9-10,13,16-18,27,37H,2,7-8,11-12,14-15,19,35H2,3-4H3,(H2,36,39)(H,38,42);3H,1-2H3/b20-16+,22-9+;. The van der Waals surface area contributed by atoms with E-state index < -0.39 is 5.92 Å². The van der Waals surface area contributed by atoms with Gasteiger partial charge < -0.3 is 32.0 Å². The van der Waals surface area contributed by atoms with E-state index in [1.54, 1.807) is 12.1 Å². The van der Waals surface area contributed by atoms with Gasteiger partial charge >= 0.3 is 0 Å². The number of halogens is 2. The third kappa shape index (κ3) is 8.56. The SMILES string of the molecule is C#C/C=C(\C=C(/C=C)CNC(=O)c1ccc2c(c1)nc1n2C(CC)C(N)=NC2=C1C=C(NCCCN)CC2)C(C)(F)F.CNC. The number of rotatable bonds is 11. The molecular formula is C34H44F2N8O. The Kier molecular flexibility index (Phi) is 12.4. The number of terminal acetylenes is 1. The van der Waals surface area contributed by atoms with Gasteiger partial charge in [0, 0.05) is 42.4 Å². The molecule has 0 bridgehead atoms. The highest BCUT2D eigenvalue weighted by molar-refractivity contribution is 5.99. The van der Waals surface area contributed by atoms with Gasteiger partial charge in [-0.15, -0.1) is 6.42 Å². The van der Waals surface area contributed by atoms with Gasteiger partial charge in [-0.1, -0.05) is 25.5 Å². The van der Waals surface area contributed by atoms with Crippen molar-refractivity contribution in [3.63, 3.8) is 0 Å². The quantitative estimate of drug-likeness (QED) is 0.142. The summed E-state index contributed by atoms with van der Waals surface area (Å²) >= 11 is 0. The first-order valence-electron chi connectivity index (χ1n) is 15.0. The average molecular weight is 619 g/mol. The minimum Gasteiger partial charge on any atom is -0.388 e. The summed E-state index contributed by atoms with van der Waals surface area (Å²) in [5.41, 5.74) is 17.0. The van der Waals surface area contributed by atoms with Crippen molar-refractivity contribution in [2.45, 2.75) is 51.5 Å². The molecule has 1 aromatic heterocycles. The molecule has 1 amide bonds. The van der Waals surface area contributed by atoms with Crippen LogP contribution in [0.3, 0.4) is 0 Å². The second kappa shape index (κ2) is 16.0. The monoisotopic (exact) mass is 618 g/mol. The summed E-state index contributed by atoms with van der Waals surface area (Å²) in [6.07, 6.45) is 14.1. The molecule has 0 fully saturated rings. The highest BCUT2D eigenvalue weighted by Gasteiger charge is 2.30. The fourth-order valence-electron chi connectivity index (χ4n) is 5.07. The summed E-state index contributed by atoms with van der Waals surface area (Å²) in [5, 5.41) is 8.99. The van der Waals surface area contributed by atoms with Gasteiger partial charge in [0.2, 0.25) is 0 Å². The van der Waals surface area contributed by atoms with E-state index >= 15 is 0 Å². The van der Waals surface area contributed by atoms with Crippen LogP contribution >= 0.6 is 0 Å². The highest BCUT2D eigenvalue weighted by Crippen LogP contribution is 2.37. The lowest BCUT2D eigenvalue weighted by molar-refractivity contribution is 0.0675. The van der Waals surface area contributed by atoms with Crippen molar-refractivity contribution >= 4 is 28.3 Å². The summed E-state index contributed by atoms with van der Waals surface area (Å²) < 4.78 is 29.9. The Morgan fingerprint density at radius 2 is 2.04 bits per heavy atom. The van der Waals surface area contributed by atoms with Crippen molar-refractivity contribution in [1.29, 1.82) is 0 Å². The molecule has 0 saturated carbocycles. The van der Waals surface area contributed by atoms with Crippen LogP contribution in [-0.2, 0) is 0 Å². The number of nitrogens with zero attached hydrogens (tertiary/aromatic N) is 3. The number of aliphatic imine (C=N–C) groups is 1. The Balaban J connectivity index is 0.00000177. The van der Waals surface area contributed by atoms with Crippen LogP contribution in [0.1, 0.15) is 61.8 Å². The number of hydrogen-bond acceptors (Lipinski definition) is 7. The van der Waals surface area contributed by atoms with E-state index in [0.717, 1.165) is 67.1 Å². The van der Waals surface area contributed by atoms with E-state index in [9.17, 15) is 13.6 Å². The summed E-state index contributed by atoms with van der Waals surface area (Å²) in [6.45, 7) is 7.88. The van der Waals surface area contributed by atoms with Gasteiger partial charge in [-0.25, -0.2) is 18.8 Å². The molecule has 0 saturated heterocycles. The van der Waals surface area contributed by atoms with Gasteiger partial charge in [-0.05, 0) is 88.3 Å². The molecule has 7 N–H and O–H groups in total. The Labute approximate surface area is 264 Å². The number of nitrogens with two attached hydrogens (primary N) is 2. The lowest BCUT2D eigenvalue weighted by Gasteiger charge is -2.19. The molecule has 1 atom stereocenters. The third-order valence-electron chi connectivity index (χ3n) is 7.29. The van der Waals surface area contributed by atoms with E-state index in [4.69, 9.17) is 27.9 Å². The molecule has 1 aliphatic heterocycles. The second-order valence-corrected chi connectivity index (χ2v) is 10.8. The zero-order valence-electron chi connectivity index (χ0n) is 26.5. The highest BCUT2D eigenvalue weighted by atomic mass is 19.3. The molecule has 1 unspecified atom stereocenters. The number of carbonyl (C=O) groups is 1. The number of fused-ring (bicyclic) bond motifs is 4. The van der Waals surface area contributed by atoms with Gasteiger partial charge in [-0.3, -0.25) is 4.79 Å². The van der Waals surface area contributed by atoms with E-state index in [-0.39, 0.29) is 24.1 Å². The van der Waals surface area contributed by atoms with Crippen molar-refractivity contribution in [3.05, 3.63) is 83.0 Å². The number of aromatic nitrogens is 2. The predicted octanol–water partition coefficient (Wildman–Crippen LogP) is 4.58. The lowest BCUT2D eigenvalue weighted by atomic mass is 10.00. The van der Waals surface area contributed by atoms with Crippen LogP contribution in [0.5, 0.6) is 0 Å². The van der Waals surface area contributed by atoms with Gasteiger partial charge in [-0.2, -0.15) is 0 Å². The van der Waals surface area contributed by atoms with Crippen LogP contribution in [0.15, 0.2) is 76.6 Å². The van der Waals surface area contributed by atoms with Crippen LogP contribution in [0.25, 0.3) is 16.6 Å². The Hall–Kier alpha value is -4.53. The van der Waals surface area contributed by atoms with Gasteiger partial charge in [0.15, 0.2) is 0 Å². The van der Waals surface area contributed by atoms with Crippen molar-refractivity contribution in [3.8, 4) is 12.3 Å². The van der Waals surface area contributed by atoms with E-state index in [0.29, 0.717) is 35.5 Å². The van der Waals surface area contributed by atoms with Gasteiger partial charge in [0.05, 0.1) is 22.8 Å². The fraction of sp³-hybridized carbons (Fsp3) is 0.382. The zero-order chi connectivity index (χ0) is 33.1. The maximum absolute atomic E-state index is 13.9. The number of benzene rings is 1. The number of carbonyl (C=O) groups excluding carboxylic acids is 1. The first-order valence-corrected chi connectivity index (χ1v) is 15.0. The molecule has 1 aliphatic carbocycles. The number of allylic oxidation sites excluding steroid dienone is 7. The molecule has 0 spiro atoms. The number of alkyl halides is 2. The van der Waals surface area contributed by atoms with Crippen LogP contribution in [-0.4, -0.2) is 60.9 Å². The molecular weight excluding hydrogens is 574 g/mol. The van der Waals surface area contributed by atoms with Crippen LogP contribution < -0.4 is 27.4 Å². The number of imidazole rings is 1. The van der Waals surface area contributed by atoms with Crippen molar-refractivity contribution in [2.24, 2.45) is 16.5 Å². The number of hydrogen-bond donors (Lipinski definition) is 5. The molecule has 4 rings (SSSR count). The molecule has 1 aromatic carbocycles. The summed E-state index contributed by atoms with van der Waals surface area (Å²) in [6, 6.07) is 5.09. The topological polar surface area (TPSA) is 135 Å². The predicted molar refractivity (Wildman–Crippen MR) is 180 cm³/mol. The lowest BCUT2D eigenvalue weighted by Crippen LogP contribution is -2.26. The normalized spacial score (nSPS) is 16.7. The number of amidine groups is 1. The van der Waals surface area contributed by atoms with Gasteiger partial charge in [0.25, 0.3) is 11.8 Å².